The van der Waals surface area contributed by atoms with Crippen LogP contribution in [-0.4, -0.2) is 4.57 Å². The van der Waals surface area contributed by atoms with Crippen molar-refractivity contribution in [2.45, 2.75) is 19.3 Å². The average Bonchev–Trinajstić information content (AvgIpc) is 3.80. The molecule has 2 aromatic heterocycles. The first-order valence-corrected chi connectivity index (χ1v) is 18.6. The van der Waals surface area contributed by atoms with Gasteiger partial charge in [-0.05, 0) is 92.2 Å². The molecule has 0 radical (unpaired) electrons. The van der Waals surface area contributed by atoms with Crippen LogP contribution in [-0.2, 0) is 5.41 Å². The molecule has 8 aromatic carbocycles. The molecule has 0 N–H and O–H groups in total. The maximum absolute atomic E-state index is 2.56. The average molecular weight is 668 g/mol. The predicted molar refractivity (Wildman–Crippen MR) is 220 cm³/mol. The fourth-order valence-electron chi connectivity index (χ4n) is 8.99. The Hall–Kier alpha value is -5.96. The zero-order valence-electron chi connectivity index (χ0n) is 28.4. The van der Waals surface area contributed by atoms with Crippen LogP contribution < -0.4 is 0 Å². The molecule has 1 nitrogen and oxygen atoms in total. The Labute approximate surface area is 300 Å². The highest BCUT2D eigenvalue weighted by Gasteiger charge is 2.38. The molecular weight excluding hydrogens is 635 g/mol. The van der Waals surface area contributed by atoms with Crippen molar-refractivity contribution in [3.8, 4) is 39.1 Å². The van der Waals surface area contributed by atoms with Crippen molar-refractivity contribution in [2.24, 2.45) is 0 Å². The standard InChI is InChI=1S/C49H33NS/c1-49(2)41-21-11-8-19-36(41)46-42(49)29-39(32-24-25-45-40(27-32)35-18-10-13-23-44(35)51-45)48-47(46)37-20-9-12-22-43(37)50(48)33-26-31-16-6-7-17-34(31)38(28-33)30-14-4-3-5-15-30/h3-29H,1-2H3. The maximum Gasteiger partial charge on any atom is 0.0625 e. The van der Waals surface area contributed by atoms with Gasteiger partial charge in [0.1, 0.15) is 0 Å². The first-order valence-electron chi connectivity index (χ1n) is 17.8. The van der Waals surface area contributed by atoms with E-state index in [-0.39, 0.29) is 5.41 Å². The largest absolute Gasteiger partial charge is 0.309 e. The van der Waals surface area contributed by atoms with Gasteiger partial charge in [-0.2, -0.15) is 0 Å². The van der Waals surface area contributed by atoms with Crippen molar-refractivity contribution in [3.05, 3.63) is 175 Å². The normalized spacial score (nSPS) is 13.5. The molecule has 240 valence electrons. The second-order valence-electron chi connectivity index (χ2n) is 14.5. The molecule has 0 saturated heterocycles. The fourth-order valence-corrected chi connectivity index (χ4v) is 10.1. The van der Waals surface area contributed by atoms with Gasteiger partial charge < -0.3 is 4.57 Å². The lowest BCUT2D eigenvalue weighted by molar-refractivity contribution is 0.661. The van der Waals surface area contributed by atoms with E-state index < -0.39 is 0 Å². The Kier molecular flexibility index (Phi) is 5.95. The van der Waals surface area contributed by atoms with E-state index >= 15 is 0 Å². The summed E-state index contributed by atoms with van der Waals surface area (Å²) >= 11 is 1.88. The zero-order chi connectivity index (χ0) is 33.8. The molecule has 0 aliphatic heterocycles. The molecule has 10 aromatic rings. The van der Waals surface area contributed by atoms with Crippen LogP contribution in [0.3, 0.4) is 0 Å². The van der Waals surface area contributed by atoms with Crippen molar-refractivity contribution in [2.75, 3.05) is 0 Å². The minimum absolute atomic E-state index is 0.138. The van der Waals surface area contributed by atoms with E-state index in [9.17, 15) is 0 Å². The van der Waals surface area contributed by atoms with Gasteiger partial charge in [0.25, 0.3) is 0 Å². The summed E-state index contributed by atoms with van der Waals surface area (Å²) < 4.78 is 5.22. The molecule has 51 heavy (non-hydrogen) atoms. The predicted octanol–water partition coefficient (Wildman–Crippen LogP) is 13.9. The monoisotopic (exact) mass is 667 g/mol. The Bertz CT molecular complexity index is 3050. The summed E-state index contributed by atoms with van der Waals surface area (Å²) in [5, 5.41) is 7.77. The Morgan fingerprint density at radius 3 is 2.06 bits per heavy atom. The van der Waals surface area contributed by atoms with E-state index in [1.54, 1.807) is 0 Å². The van der Waals surface area contributed by atoms with E-state index in [0.717, 1.165) is 0 Å². The van der Waals surface area contributed by atoms with Gasteiger partial charge in [0.05, 0.1) is 11.0 Å². The molecule has 11 rings (SSSR count). The van der Waals surface area contributed by atoms with Crippen LogP contribution in [0, 0.1) is 0 Å². The molecule has 0 unspecified atom stereocenters. The molecule has 0 spiro atoms. The third-order valence-corrected chi connectivity index (χ3v) is 12.5. The quantitative estimate of drug-likeness (QED) is 0.177. The van der Waals surface area contributed by atoms with E-state index in [4.69, 9.17) is 0 Å². The van der Waals surface area contributed by atoms with Gasteiger partial charge in [-0.25, -0.2) is 0 Å². The van der Waals surface area contributed by atoms with Crippen molar-refractivity contribution in [1.82, 2.24) is 4.57 Å². The summed E-state index contributed by atoms with van der Waals surface area (Å²) in [4.78, 5) is 0. The van der Waals surface area contributed by atoms with Crippen LogP contribution in [0.4, 0.5) is 0 Å². The molecule has 0 amide bonds. The van der Waals surface area contributed by atoms with E-state index in [2.05, 4.69) is 182 Å². The third-order valence-electron chi connectivity index (χ3n) is 11.4. The fraction of sp³-hybridized carbons (Fsp3) is 0.0612. The number of hydrogen-bond donors (Lipinski definition) is 0. The summed E-state index contributed by atoms with van der Waals surface area (Å²) in [6.45, 7) is 4.80. The summed E-state index contributed by atoms with van der Waals surface area (Å²) in [5.41, 5.74) is 14.0. The number of nitrogens with zero attached hydrogens (tertiary/aromatic N) is 1. The zero-order valence-corrected chi connectivity index (χ0v) is 29.3. The van der Waals surface area contributed by atoms with Gasteiger partial charge in [-0.3, -0.25) is 0 Å². The van der Waals surface area contributed by atoms with Crippen LogP contribution in [0.2, 0.25) is 0 Å². The van der Waals surface area contributed by atoms with Gasteiger partial charge in [0.2, 0.25) is 0 Å². The lowest BCUT2D eigenvalue weighted by Crippen LogP contribution is -2.15. The highest BCUT2D eigenvalue weighted by molar-refractivity contribution is 7.25. The molecule has 2 heterocycles. The van der Waals surface area contributed by atoms with Crippen molar-refractivity contribution in [1.29, 1.82) is 0 Å². The SMILES string of the molecule is CC1(C)c2ccccc2-c2c1cc(-c1ccc3sc4ccccc4c3c1)c1c2c2ccccc2n1-c1cc(-c2ccccc2)c2ccccc2c1. The van der Waals surface area contributed by atoms with Crippen LogP contribution >= 0.6 is 11.3 Å². The minimum Gasteiger partial charge on any atom is -0.309 e. The molecule has 1 aliphatic carbocycles. The van der Waals surface area contributed by atoms with Gasteiger partial charge in [0, 0.05) is 47.6 Å². The first kappa shape index (κ1) is 28.8. The number of benzene rings is 8. The van der Waals surface area contributed by atoms with Gasteiger partial charge in [-0.1, -0.05) is 135 Å². The molecular formula is C49H33NS. The van der Waals surface area contributed by atoms with Crippen molar-refractivity contribution >= 4 is 64.1 Å². The number of hydrogen-bond acceptors (Lipinski definition) is 1. The Balaban J connectivity index is 1.33. The van der Waals surface area contributed by atoms with Crippen molar-refractivity contribution < 1.29 is 0 Å². The van der Waals surface area contributed by atoms with Crippen molar-refractivity contribution in [3.63, 3.8) is 0 Å². The lowest BCUT2D eigenvalue weighted by Gasteiger charge is -2.23. The molecule has 0 bridgehead atoms. The summed E-state index contributed by atoms with van der Waals surface area (Å²) in [7, 11) is 0. The van der Waals surface area contributed by atoms with Crippen LogP contribution in [0.1, 0.15) is 25.0 Å². The number of aromatic nitrogens is 1. The summed E-state index contributed by atoms with van der Waals surface area (Å²) in [5.74, 6) is 0. The second-order valence-corrected chi connectivity index (χ2v) is 15.6. The van der Waals surface area contributed by atoms with Crippen LogP contribution in [0.25, 0.3) is 91.8 Å². The number of thiophene rings is 1. The first-order chi connectivity index (χ1) is 25.1. The lowest BCUT2D eigenvalue weighted by atomic mass is 9.81. The van der Waals surface area contributed by atoms with Crippen LogP contribution in [0.15, 0.2) is 164 Å². The number of fused-ring (bicyclic) bond motifs is 11. The minimum atomic E-state index is -0.138. The molecule has 0 saturated carbocycles. The maximum atomic E-state index is 2.56. The topological polar surface area (TPSA) is 4.93 Å². The smallest absolute Gasteiger partial charge is 0.0625 e. The Morgan fingerprint density at radius 2 is 1.18 bits per heavy atom. The number of para-hydroxylation sites is 1. The van der Waals surface area contributed by atoms with E-state index in [0.29, 0.717) is 0 Å². The second kappa shape index (κ2) is 10.5. The highest BCUT2D eigenvalue weighted by atomic mass is 32.1. The summed E-state index contributed by atoms with van der Waals surface area (Å²) in [6.07, 6.45) is 0. The van der Waals surface area contributed by atoms with Crippen LogP contribution in [0.5, 0.6) is 0 Å². The van der Waals surface area contributed by atoms with E-state index in [1.165, 1.54) is 103 Å². The molecule has 0 atom stereocenters. The number of rotatable bonds is 3. The molecule has 0 fully saturated rings. The van der Waals surface area contributed by atoms with Gasteiger partial charge >= 0.3 is 0 Å². The highest BCUT2D eigenvalue weighted by Crippen LogP contribution is 2.55. The molecule has 1 aliphatic rings. The summed E-state index contributed by atoms with van der Waals surface area (Å²) in [6, 6.07) is 61.1. The third kappa shape index (κ3) is 4.03. The van der Waals surface area contributed by atoms with E-state index in [1.807, 2.05) is 11.3 Å². The van der Waals surface area contributed by atoms with Gasteiger partial charge in [-0.15, -0.1) is 11.3 Å². The van der Waals surface area contributed by atoms with Gasteiger partial charge in [0.15, 0.2) is 0 Å². The Morgan fingerprint density at radius 1 is 0.471 bits per heavy atom. The molecule has 2 heteroatoms.